The van der Waals surface area contributed by atoms with Crippen molar-refractivity contribution in [3.8, 4) is 21.7 Å². The van der Waals surface area contributed by atoms with Gasteiger partial charge in [-0.2, -0.15) is 26.7 Å². The van der Waals surface area contributed by atoms with Crippen molar-refractivity contribution in [2.24, 2.45) is 7.05 Å². The van der Waals surface area contributed by atoms with E-state index in [2.05, 4.69) is 10.1 Å². The van der Waals surface area contributed by atoms with E-state index in [9.17, 15) is 31.5 Å². The number of aryl methyl sites for hydroxylation is 2. The van der Waals surface area contributed by atoms with Gasteiger partial charge >= 0.3 is 12.1 Å². The smallest absolute Gasteiger partial charge is 0.433 e. The molecule has 196 valence electrons. The first-order valence-electron chi connectivity index (χ1n) is 11.2. The molecule has 0 bridgehead atoms. The Morgan fingerprint density at radius 3 is 2.55 bits per heavy atom. The van der Waals surface area contributed by atoms with Gasteiger partial charge in [0.15, 0.2) is 0 Å². The highest BCUT2D eigenvalue weighted by atomic mass is 32.2. The number of pyridine rings is 1. The summed E-state index contributed by atoms with van der Waals surface area (Å²) in [6.07, 6.45) is 0.0127. The number of aromatic nitrogens is 4. The third kappa shape index (κ3) is 4.70. The van der Waals surface area contributed by atoms with E-state index in [4.69, 9.17) is 0 Å². The topological polar surface area (TPSA) is 107 Å². The molecule has 4 heterocycles. The number of nitrogens with zero attached hydrogens (tertiary/aromatic N) is 4. The van der Waals surface area contributed by atoms with Crippen molar-refractivity contribution in [3.63, 3.8) is 0 Å². The zero-order chi connectivity index (χ0) is 27.2. The second kappa shape index (κ2) is 9.40. The monoisotopic (exact) mass is 560 g/mol. The molecule has 38 heavy (non-hydrogen) atoms. The highest BCUT2D eigenvalue weighted by Gasteiger charge is 2.35. The Hall–Kier alpha value is -3.97. The largest absolute Gasteiger partial charge is 0.481 e. The van der Waals surface area contributed by atoms with Gasteiger partial charge in [0.25, 0.3) is 10.0 Å². The molecule has 0 atom stereocenters. The summed E-state index contributed by atoms with van der Waals surface area (Å²) < 4.78 is 68.6. The van der Waals surface area contributed by atoms with Crippen LogP contribution < -0.4 is 0 Å². The number of carboxylic acid groups (broad SMARTS) is 1. The quantitative estimate of drug-likeness (QED) is 0.284. The third-order valence-electron chi connectivity index (χ3n) is 5.97. The fraction of sp³-hybridized carbons (Fsp3) is 0.160. The molecule has 0 radical (unpaired) electrons. The minimum Gasteiger partial charge on any atom is -0.481 e. The first-order valence-corrected chi connectivity index (χ1v) is 13.4. The SMILES string of the molecule is Cn1nc(-c2ccc(S(=O)(=O)n3cc(CCC(=O)O)c4cc(-c5cccnc5)ccc43)s2)cc1C(F)(F)F. The van der Waals surface area contributed by atoms with Crippen molar-refractivity contribution in [1.82, 2.24) is 18.7 Å². The highest BCUT2D eigenvalue weighted by Crippen LogP contribution is 2.37. The molecule has 1 N–H and O–H groups in total. The Morgan fingerprint density at radius 2 is 1.89 bits per heavy atom. The average Bonchev–Trinajstić information content (AvgIpc) is 3.60. The van der Waals surface area contributed by atoms with Crippen molar-refractivity contribution >= 4 is 38.2 Å². The van der Waals surface area contributed by atoms with E-state index in [1.807, 2.05) is 6.07 Å². The van der Waals surface area contributed by atoms with Gasteiger partial charge in [-0.1, -0.05) is 12.1 Å². The molecule has 0 aliphatic heterocycles. The fourth-order valence-electron chi connectivity index (χ4n) is 4.17. The Morgan fingerprint density at radius 1 is 1.11 bits per heavy atom. The van der Waals surface area contributed by atoms with Gasteiger partial charge in [-0.3, -0.25) is 14.5 Å². The van der Waals surface area contributed by atoms with Crippen LogP contribution in [0, 0.1) is 0 Å². The predicted octanol–water partition coefficient (Wildman–Crippen LogP) is 5.44. The molecule has 0 fully saturated rings. The lowest BCUT2D eigenvalue weighted by Gasteiger charge is -2.06. The number of thiophene rings is 1. The summed E-state index contributed by atoms with van der Waals surface area (Å²) in [5, 5.41) is 13.7. The molecule has 8 nitrogen and oxygen atoms in total. The second-order valence-electron chi connectivity index (χ2n) is 8.48. The summed E-state index contributed by atoms with van der Waals surface area (Å²) in [5.41, 5.74) is 1.54. The van der Waals surface area contributed by atoms with Crippen molar-refractivity contribution in [2.45, 2.75) is 23.2 Å². The molecule has 5 rings (SSSR count). The van der Waals surface area contributed by atoms with E-state index in [1.165, 1.54) is 25.4 Å². The predicted molar refractivity (Wildman–Crippen MR) is 135 cm³/mol. The average molecular weight is 561 g/mol. The maximum atomic E-state index is 13.7. The van der Waals surface area contributed by atoms with Gasteiger partial charge in [-0.05, 0) is 53.9 Å². The first-order chi connectivity index (χ1) is 17.9. The van der Waals surface area contributed by atoms with Crippen LogP contribution in [0.4, 0.5) is 13.2 Å². The lowest BCUT2D eigenvalue weighted by Crippen LogP contribution is -2.11. The number of carboxylic acids is 1. The first kappa shape index (κ1) is 25.7. The summed E-state index contributed by atoms with van der Waals surface area (Å²) in [5.74, 6) is -1.02. The van der Waals surface area contributed by atoms with Gasteiger partial charge in [-0.15, -0.1) is 11.3 Å². The number of alkyl halides is 3. The summed E-state index contributed by atoms with van der Waals surface area (Å²) >= 11 is 0.802. The van der Waals surface area contributed by atoms with E-state index < -0.39 is 27.9 Å². The summed E-state index contributed by atoms with van der Waals surface area (Å²) in [4.78, 5) is 15.6. The molecule has 4 aromatic heterocycles. The highest BCUT2D eigenvalue weighted by molar-refractivity contribution is 7.92. The number of hydrogen-bond acceptors (Lipinski definition) is 6. The number of hydrogen-bond donors (Lipinski definition) is 1. The van der Waals surface area contributed by atoms with Gasteiger partial charge in [0, 0.05) is 43.0 Å². The van der Waals surface area contributed by atoms with Gasteiger partial charge in [0.2, 0.25) is 0 Å². The fourth-order valence-corrected chi connectivity index (χ4v) is 6.91. The molecule has 0 aliphatic carbocycles. The maximum Gasteiger partial charge on any atom is 0.433 e. The number of fused-ring (bicyclic) bond motifs is 1. The number of rotatable bonds is 7. The van der Waals surface area contributed by atoms with Crippen molar-refractivity contribution in [1.29, 1.82) is 0 Å². The molecule has 13 heteroatoms. The van der Waals surface area contributed by atoms with Crippen molar-refractivity contribution < 1.29 is 31.5 Å². The van der Waals surface area contributed by atoms with E-state index in [0.717, 1.165) is 32.5 Å². The maximum absolute atomic E-state index is 13.7. The van der Waals surface area contributed by atoms with Crippen LogP contribution in [-0.2, 0) is 34.5 Å². The standard InChI is InChI=1S/C25H19F3N4O4S2/c1-31-22(25(26,27)28)12-19(30-31)21-7-9-24(37-21)38(35,36)32-14-17(5-8-23(33)34)18-11-15(4-6-20(18)32)16-3-2-10-29-13-16/h2-4,6-7,9-14H,5,8H2,1H3,(H,33,34). The van der Waals surface area contributed by atoms with Crippen LogP contribution in [0.1, 0.15) is 17.7 Å². The van der Waals surface area contributed by atoms with Gasteiger partial charge in [0.1, 0.15) is 15.6 Å². The lowest BCUT2D eigenvalue weighted by atomic mass is 10.0. The summed E-state index contributed by atoms with van der Waals surface area (Å²) in [6, 6.07) is 12.4. The zero-order valence-electron chi connectivity index (χ0n) is 19.7. The van der Waals surface area contributed by atoms with Crippen LogP contribution in [0.15, 0.2) is 71.3 Å². The number of benzene rings is 1. The van der Waals surface area contributed by atoms with Gasteiger partial charge in [0.05, 0.1) is 10.4 Å². The lowest BCUT2D eigenvalue weighted by molar-refractivity contribution is -0.143. The molecular formula is C25H19F3N4O4S2. The van der Waals surface area contributed by atoms with Crippen LogP contribution >= 0.6 is 11.3 Å². The van der Waals surface area contributed by atoms with Crippen LogP contribution in [0.25, 0.3) is 32.6 Å². The number of aliphatic carboxylic acids is 1. The van der Waals surface area contributed by atoms with Crippen LogP contribution in [0.2, 0.25) is 0 Å². The summed E-state index contributed by atoms with van der Waals surface area (Å²) in [6.45, 7) is 0. The second-order valence-corrected chi connectivity index (χ2v) is 11.6. The van der Waals surface area contributed by atoms with Crippen LogP contribution in [0.3, 0.4) is 0 Å². The van der Waals surface area contributed by atoms with E-state index in [-0.39, 0.29) is 27.6 Å². The Kier molecular flexibility index (Phi) is 6.35. The van der Waals surface area contributed by atoms with E-state index in [1.54, 1.807) is 36.7 Å². The van der Waals surface area contributed by atoms with Crippen LogP contribution in [0.5, 0.6) is 0 Å². The minimum absolute atomic E-state index is 0.00639. The van der Waals surface area contributed by atoms with Gasteiger partial charge < -0.3 is 5.11 Å². The van der Waals surface area contributed by atoms with E-state index in [0.29, 0.717) is 21.1 Å². The number of halogens is 3. The normalized spacial score (nSPS) is 12.3. The Labute approximate surface area is 218 Å². The van der Waals surface area contributed by atoms with Crippen molar-refractivity contribution in [2.75, 3.05) is 0 Å². The zero-order valence-corrected chi connectivity index (χ0v) is 21.3. The molecule has 0 saturated heterocycles. The van der Waals surface area contributed by atoms with Gasteiger partial charge in [-0.25, -0.2) is 3.97 Å². The van der Waals surface area contributed by atoms with Crippen LogP contribution in [-0.4, -0.2) is 38.2 Å². The molecule has 0 spiro atoms. The molecule has 0 aliphatic rings. The van der Waals surface area contributed by atoms with Crippen molar-refractivity contribution in [3.05, 3.63) is 78.4 Å². The minimum atomic E-state index is -4.60. The molecule has 1 aromatic carbocycles. The summed E-state index contributed by atoms with van der Waals surface area (Å²) in [7, 11) is -2.99. The third-order valence-corrected chi connectivity index (χ3v) is 9.22. The van der Waals surface area contributed by atoms with E-state index >= 15 is 0 Å². The Balaban J connectivity index is 1.59. The Bertz CT molecular complexity index is 1770. The molecule has 5 aromatic rings. The molecular weight excluding hydrogens is 541 g/mol. The molecule has 0 unspecified atom stereocenters. The number of carbonyl (C=O) groups is 1. The molecule has 0 amide bonds. The molecule has 0 saturated carbocycles.